The smallest absolute Gasteiger partial charge is 0.317 e. The summed E-state index contributed by atoms with van der Waals surface area (Å²) < 4.78 is 1.25. The number of urea groups is 1. The third kappa shape index (κ3) is 2.88. The number of hydrogen-bond donors (Lipinski definition) is 1. The number of piperazine rings is 1. The molecule has 1 aliphatic heterocycles. The van der Waals surface area contributed by atoms with E-state index in [9.17, 15) is 4.79 Å². The number of carbonyl (C=O) groups excluding carboxylic acids is 1. The molecule has 5 nitrogen and oxygen atoms in total. The average Bonchev–Trinajstić information content (AvgIpc) is 2.99. The molecule has 1 N–H and O–H groups in total. The number of para-hydroxylation sites is 1. The van der Waals surface area contributed by atoms with Crippen molar-refractivity contribution < 1.29 is 4.79 Å². The monoisotopic (exact) mass is 318 g/mol. The van der Waals surface area contributed by atoms with Crippen LogP contribution in [0.25, 0.3) is 10.2 Å². The summed E-state index contributed by atoms with van der Waals surface area (Å²) in [7, 11) is 0. The van der Waals surface area contributed by atoms with Gasteiger partial charge >= 0.3 is 6.03 Å². The zero-order valence-electron chi connectivity index (χ0n) is 13.1. The number of fused-ring (bicyclic) bond motifs is 1. The highest BCUT2D eigenvalue weighted by atomic mass is 32.1. The number of carbonyl (C=O) groups is 1. The van der Waals surface area contributed by atoms with Crippen LogP contribution in [0.15, 0.2) is 18.2 Å². The van der Waals surface area contributed by atoms with E-state index in [2.05, 4.69) is 35.3 Å². The Bertz CT molecular complexity index is 661. The third-order valence-corrected chi connectivity index (χ3v) is 5.12. The first-order valence-electron chi connectivity index (χ1n) is 7.89. The largest absolute Gasteiger partial charge is 0.345 e. The number of benzene rings is 1. The van der Waals surface area contributed by atoms with E-state index in [4.69, 9.17) is 4.98 Å². The second kappa shape index (κ2) is 6.52. The summed E-state index contributed by atoms with van der Waals surface area (Å²) in [5, 5.41) is 3.94. The van der Waals surface area contributed by atoms with Crippen molar-refractivity contribution in [2.75, 3.05) is 37.6 Å². The molecule has 118 valence electrons. The first-order valence-corrected chi connectivity index (χ1v) is 8.70. The van der Waals surface area contributed by atoms with E-state index in [1.807, 2.05) is 11.8 Å². The number of anilines is 1. The number of amides is 2. The van der Waals surface area contributed by atoms with E-state index in [0.29, 0.717) is 6.54 Å². The highest BCUT2D eigenvalue weighted by Gasteiger charge is 2.22. The second-order valence-corrected chi connectivity index (χ2v) is 6.43. The molecule has 1 fully saturated rings. The fourth-order valence-electron chi connectivity index (χ4n) is 2.78. The van der Waals surface area contributed by atoms with Crippen molar-refractivity contribution in [3.05, 3.63) is 23.8 Å². The maximum absolute atomic E-state index is 11.8. The molecule has 2 amide bonds. The molecule has 3 rings (SSSR count). The van der Waals surface area contributed by atoms with Crippen LogP contribution in [0.1, 0.15) is 19.4 Å². The fraction of sp³-hybridized carbons (Fsp3) is 0.500. The van der Waals surface area contributed by atoms with Gasteiger partial charge in [-0.3, -0.25) is 0 Å². The fourth-order valence-corrected chi connectivity index (χ4v) is 3.84. The summed E-state index contributed by atoms with van der Waals surface area (Å²) in [6.07, 6.45) is 1.01. The van der Waals surface area contributed by atoms with Crippen LogP contribution < -0.4 is 10.2 Å². The molecule has 22 heavy (non-hydrogen) atoms. The first-order chi connectivity index (χ1) is 10.7. The van der Waals surface area contributed by atoms with Crippen molar-refractivity contribution in [2.24, 2.45) is 0 Å². The number of nitrogens with one attached hydrogen (secondary N) is 1. The van der Waals surface area contributed by atoms with E-state index in [0.717, 1.165) is 43.2 Å². The molecule has 0 saturated carbocycles. The minimum Gasteiger partial charge on any atom is -0.345 e. The van der Waals surface area contributed by atoms with Crippen LogP contribution in [0.5, 0.6) is 0 Å². The van der Waals surface area contributed by atoms with Crippen LogP contribution >= 0.6 is 11.3 Å². The molecule has 1 aliphatic rings. The van der Waals surface area contributed by atoms with Crippen molar-refractivity contribution in [3.8, 4) is 0 Å². The predicted octanol–water partition coefficient (Wildman–Crippen LogP) is 2.71. The lowest BCUT2D eigenvalue weighted by molar-refractivity contribution is 0.195. The highest BCUT2D eigenvalue weighted by Crippen LogP contribution is 2.31. The van der Waals surface area contributed by atoms with Crippen LogP contribution in [0.4, 0.5) is 9.93 Å². The summed E-state index contributed by atoms with van der Waals surface area (Å²) in [4.78, 5) is 20.9. The summed E-state index contributed by atoms with van der Waals surface area (Å²) >= 11 is 1.75. The van der Waals surface area contributed by atoms with Gasteiger partial charge in [-0.05, 0) is 25.0 Å². The number of aryl methyl sites for hydroxylation is 1. The number of aromatic nitrogens is 1. The Hall–Kier alpha value is -1.82. The van der Waals surface area contributed by atoms with Crippen molar-refractivity contribution in [2.45, 2.75) is 20.3 Å². The van der Waals surface area contributed by atoms with Crippen LogP contribution in [-0.4, -0.2) is 48.6 Å². The van der Waals surface area contributed by atoms with E-state index >= 15 is 0 Å². The topological polar surface area (TPSA) is 48.5 Å². The molecule has 1 aromatic carbocycles. The molecule has 0 aliphatic carbocycles. The van der Waals surface area contributed by atoms with E-state index in [1.165, 1.54) is 10.3 Å². The van der Waals surface area contributed by atoms with Gasteiger partial charge in [-0.15, -0.1) is 0 Å². The van der Waals surface area contributed by atoms with Gasteiger partial charge in [0.1, 0.15) is 0 Å². The Morgan fingerprint density at radius 3 is 2.73 bits per heavy atom. The summed E-state index contributed by atoms with van der Waals surface area (Å²) in [6, 6.07) is 6.44. The molecular weight excluding hydrogens is 296 g/mol. The molecular formula is C16H22N4OS. The lowest BCUT2D eigenvalue weighted by Crippen LogP contribution is -2.51. The van der Waals surface area contributed by atoms with Gasteiger partial charge in [-0.2, -0.15) is 0 Å². The zero-order valence-corrected chi connectivity index (χ0v) is 13.9. The number of nitrogens with zero attached hydrogens (tertiary/aromatic N) is 3. The average molecular weight is 318 g/mol. The maximum Gasteiger partial charge on any atom is 0.317 e. The first kappa shape index (κ1) is 15.1. The molecule has 6 heteroatoms. The van der Waals surface area contributed by atoms with Gasteiger partial charge in [0.25, 0.3) is 0 Å². The van der Waals surface area contributed by atoms with Gasteiger partial charge in [0.05, 0.1) is 10.2 Å². The minimum atomic E-state index is 0.0414. The Morgan fingerprint density at radius 1 is 1.27 bits per heavy atom. The highest BCUT2D eigenvalue weighted by molar-refractivity contribution is 7.22. The standard InChI is InChI=1S/C16H22N4OS/c1-3-12-6-5-7-13-14(12)18-16(22-13)20-10-8-19(9-11-20)15(21)17-4-2/h5-7H,3-4,8-11H2,1-2H3,(H,17,21). The van der Waals surface area contributed by atoms with Gasteiger partial charge in [0, 0.05) is 32.7 Å². The lowest BCUT2D eigenvalue weighted by Gasteiger charge is -2.34. The quantitative estimate of drug-likeness (QED) is 0.946. The summed E-state index contributed by atoms with van der Waals surface area (Å²) in [5.41, 5.74) is 2.44. The third-order valence-electron chi connectivity index (χ3n) is 4.04. The number of thiazole rings is 1. The van der Waals surface area contributed by atoms with Crippen molar-refractivity contribution in [1.82, 2.24) is 15.2 Å². The SMILES string of the molecule is CCNC(=O)N1CCN(c2nc3c(CC)cccc3s2)CC1. The molecule has 2 heterocycles. The lowest BCUT2D eigenvalue weighted by atomic mass is 10.1. The predicted molar refractivity (Wildman–Crippen MR) is 91.9 cm³/mol. The van der Waals surface area contributed by atoms with Gasteiger partial charge in [-0.1, -0.05) is 30.4 Å². The van der Waals surface area contributed by atoms with E-state index < -0.39 is 0 Å². The summed E-state index contributed by atoms with van der Waals surface area (Å²) in [6.45, 7) is 7.98. The molecule has 0 bridgehead atoms. The normalized spacial score (nSPS) is 15.4. The molecule has 1 saturated heterocycles. The molecule has 0 spiro atoms. The van der Waals surface area contributed by atoms with Crippen molar-refractivity contribution >= 4 is 32.7 Å². The van der Waals surface area contributed by atoms with Crippen molar-refractivity contribution in [1.29, 1.82) is 0 Å². The number of hydrogen-bond acceptors (Lipinski definition) is 4. The molecule has 1 aromatic heterocycles. The Balaban J connectivity index is 1.72. The van der Waals surface area contributed by atoms with Crippen LogP contribution in [0.2, 0.25) is 0 Å². The van der Waals surface area contributed by atoms with Crippen LogP contribution in [-0.2, 0) is 6.42 Å². The zero-order chi connectivity index (χ0) is 15.5. The Kier molecular flexibility index (Phi) is 4.47. The molecule has 0 unspecified atom stereocenters. The van der Waals surface area contributed by atoms with Crippen molar-refractivity contribution in [3.63, 3.8) is 0 Å². The van der Waals surface area contributed by atoms with Gasteiger partial charge in [0.15, 0.2) is 5.13 Å². The summed E-state index contributed by atoms with van der Waals surface area (Å²) in [5.74, 6) is 0. The van der Waals surface area contributed by atoms with Gasteiger partial charge in [0.2, 0.25) is 0 Å². The Labute approximate surface area is 134 Å². The Morgan fingerprint density at radius 2 is 2.05 bits per heavy atom. The van der Waals surface area contributed by atoms with E-state index in [1.54, 1.807) is 11.3 Å². The number of rotatable bonds is 3. The minimum absolute atomic E-state index is 0.0414. The molecule has 2 aromatic rings. The maximum atomic E-state index is 11.8. The van der Waals surface area contributed by atoms with Crippen LogP contribution in [0.3, 0.4) is 0 Å². The van der Waals surface area contributed by atoms with Gasteiger partial charge < -0.3 is 15.1 Å². The second-order valence-electron chi connectivity index (χ2n) is 5.42. The van der Waals surface area contributed by atoms with Crippen LogP contribution in [0, 0.1) is 0 Å². The molecule has 0 radical (unpaired) electrons. The van der Waals surface area contributed by atoms with Gasteiger partial charge in [-0.25, -0.2) is 9.78 Å². The van der Waals surface area contributed by atoms with E-state index in [-0.39, 0.29) is 6.03 Å². The molecule has 0 atom stereocenters.